The summed E-state index contributed by atoms with van der Waals surface area (Å²) in [6, 6.07) is 7.90. The molecule has 1 aliphatic heterocycles. The topological polar surface area (TPSA) is 69.7 Å². The fourth-order valence-corrected chi connectivity index (χ4v) is 6.77. The molecule has 1 aromatic carbocycles. The van der Waals surface area contributed by atoms with Gasteiger partial charge in [0.25, 0.3) is 0 Å². The number of hydrogen-bond donors (Lipinski definition) is 1. The first-order valence-corrected chi connectivity index (χ1v) is 13.6. The molecule has 1 amide bonds. The summed E-state index contributed by atoms with van der Waals surface area (Å²) in [7, 11) is -3.48. The summed E-state index contributed by atoms with van der Waals surface area (Å²) in [6.07, 6.45) is 12.1. The van der Waals surface area contributed by atoms with Crippen LogP contribution < -0.4 is 5.32 Å². The van der Waals surface area contributed by atoms with Crippen LogP contribution in [0.15, 0.2) is 29.2 Å². The van der Waals surface area contributed by atoms with E-state index < -0.39 is 10.0 Å². The van der Waals surface area contributed by atoms with Gasteiger partial charge in [-0.15, -0.1) is 0 Å². The zero-order chi connectivity index (χ0) is 21.7. The zero-order valence-corrected chi connectivity index (χ0v) is 19.4. The normalized spacial score (nSPS) is 23.0. The second-order valence-corrected chi connectivity index (χ2v) is 11.4. The maximum absolute atomic E-state index is 13.1. The molecular formula is C24H37N3O3S. The molecule has 1 N–H and O–H groups in total. The van der Waals surface area contributed by atoms with Gasteiger partial charge in [-0.1, -0.05) is 50.7 Å². The van der Waals surface area contributed by atoms with Crippen molar-refractivity contribution in [1.82, 2.24) is 14.5 Å². The highest BCUT2D eigenvalue weighted by molar-refractivity contribution is 7.89. The summed E-state index contributed by atoms with van der Waals surface area (Å²) < 4.78 is 27.8. The smallest absolute Gasteiger partial charge is 0.243 e. The Morgan fingerprint density at radius 1 is 0.839 bits per heavy atom. The van der Waals surface area contributed by atoms with Crippen LogP contribution in [0.4, 0.5) is 0 Å². The van der Waals surface area contributed by atoms with Crippen LogP contribution in [0.25, 0.3) is 0 Å². The van der Waals surface area contributed by atoms with Gasteiger partial charge in [0.15, 0.2) is 0 Å². The quantitative estimate of drug-likeness (QED) is 0.725. The van der Waals surface area contributed by atoms with E-state index in [1.807, 2.05) is 12.1 Å². The lowest BCUT2D eigenvalue weighted by molar-refractivity contribution is -0.123. The van der Waals surface area contributed by atoms with Crippen molar-refractivity contribution in [3.05, 3.63) is 29.8 Å². The van der Waals surface area contributed by atoms with Gasteiger partial charge in [0.05, 0.1) is 11.4 Å². The lowest BCUT2D eigenvalue weighted by atomic mass is 9.84. The average Bonchev–Trinajstić information content (AvgIpc) is 2.81. The summed E-state index contributed by atoms with van der Waals surface area (Å²) in [6.45, 7) is 2.42. The number of carbonyl (C=O) groups is 1. The molecule has 0 radical (unpaired) electrons. The number of piperazine rings is 1. The van der Waals surface area contributed by atoms with E-state index in [0.29, 0.717) is 49.6 Å². The van der Waals surface area contributed by atoms with Gasteiger partial charge in [-0.2, -0.15) is 4.31 Å². The molecule has 0 spiro atoms. The van der Waals surface area contributed by atoms with Gasteiger partial charge in [0.2, 0.25) is 15.9 Å². The Kier molecular flexibility index (Phi) is 7.67. The summed E-state index contributed by atoms with van der Waals surface area (Å²) in [5.74, 6) is 0.648. The van der Waals surface area contributed by atoms with Crippen molar-refractivity contribution in [3.63, 3.8) is 0 Å². The third kappa shape index (κ3) is 5.88. The number of nitrogens with one attached hydrogen (secondary N) is 1. The monoisotopic (exact) mass is 447 g/mol. The standard InChI is InChI=1S/C24H37N3O3S/c28-24(25-22-9-5-2-6-10-22)19-26-15-17-27(18-16-26)31(29,30)23-13-11-21(12-14-23)20-7-3-1-4-8-20/h11-14,20,22H,1-10,15-19H2,(H,25,28). The second-order valence-electron chi connectivity index (χ2n) is 9.49. The summed E-state index contributed by atoms with van der Waals surface area (Å²) in [4.78, 5) is 14.8. The molecule has 2 aliphatic carbocycles. The number of carbonyl (C=O) groups excluding carboxylic acids is 1. The SMILES string of the molecule is O=C(CN1CCN(S(=O)(=O)c2ccc(C3CCCCC3)cc2)CC1)NC1CCCCC1. The maximum Gasteiger partial charge on any atom is 0.243 e. The third-order valence-electron chi connectivity index (χ3n) is 7.26. The molecule has 1 heterocycles. The Labute approximate surface area is 187 Å². The van der Waals surface area contributed by atoms with Gasteiger partial charge in [-0.05, 0) is 49.3 Å². The Balaban J connectivity index is 1.27. The molecule has 31 heavy (non-hydrogen) atoms. The molecule has 172 valence electrons. The summed E-state index contributed by atoms with van der Waals surface area (Å²) in [5, 5.41) is 3.15. The molecule has 3 fully saturated rings. The van der Waals surface area contributed by atoms with Crippen LogP contribution in [-0.2, 0) is 14.8 Å². The Morgan fingerprint density at radius 3 is 2.03 bits per heavy atom. The number of nitrogens with zero attached hydrogens (tertiary/aromatic N) is 2. The molecule has 3 aliphatic rings. The minimum Gasteiger partial charge on any atom is -0.352 e. The van der Waals surface area contributed by atoms with Crippen LogP contribution in [-0.4, -0.2) is 62.3 Å². The third-order valence-corrected chi connectivity index (χ3v) is 9.18. The first-order chi connectivity index (χ1) is 15.0. The van der Waals surface area contributed by atoms with Gasteiger partial charge in [-0.3, -0.25) is 9.69 Å². The van der Waals surface area contributed by atoms with E-state index >= 15 is 0 Å². The molecule has 2 saturated carbocycles. The van der Waals surface area contributed by atoms with Crippen molar-refractivity contribution in [1.29, 1.82) is 0 Å². The highest BCUT2D eigenvalue weighted by atomic mass is 32.2. The summed E-state index contributed by atoms with van der Waals surface area (Å²) in [5.41, 5.74) is 1.27. The highest BCUT2D eigenvalue weighted by Crippen LogP contribution is 2.33. The molecule has 1 saturated heterocycles. The van der Waals surface area contributed by atoms with Crippen LogP contribution >= 0.6 is 0 Å². The predicted molar refractivity (Wildman–Crippen MR) is 122 cm³/mol. The van der Waals surface area contributed by atoms with E-state index in [4.69, 9.17) is 0 Å². The van der Waals surface area contributed by atoms with Crippen LogP contribution in [0, 0.1) is 0 Å². The number of amides is 1. The number of benzene rings is 1. The minimum atomic E-state index is -3.48. The fraction of sp³-hybridized carbons (Fsp3) is 0.708. The van der Waals surface area contributed by atoms with Crippen LogP contribution in [0.3, 0.4) is 0 Å². The minimum absolute atomic E-state index is 0.0708. The Bertz CT molecular complexity index is 820. The van der Waals surface area contributed by atoms with Gasteiger partial charge >= 0.3 is 0 Å². The molecule has 7 heteroatoms. The molecule has 1 aromatic rings. The van der Waals surface area contributed by atoms with E-state index in [1.54, 1.807) is 16.4 Å². The van der Waals surface area contributed by atoms with E-state index in [0.717, 1.165) is 12.8 Å². The van der Waals surface area contributed by atoms with Crippen molar-refractivity contribution < 1.29 is 13.2 Å². The van der Waals surface area contributed by atoms with E-state index in [-0.39, 0.29) is 5.91 Å². The number of hydrogen-bond acceptors (Lipinski definition) is 4. The van der Waals surface area contributed by atoms with E-state index in [9.17, 15) is 13.2 Å². The van der Waals surface area contributed by atoms with Crippen molar-refractivity contribution in [2.45, 2.75) is 81.1 Å². The van der Waals surface area contributed by atoms with Gasteiger partial charge < -0.3 is 5.32 Å². The molecule has 0 unspecified atom stereocenters. The first-order valence-electron chi connectivity index (χ1n) is 12.1. The predicted octanol–water partition coefficient (Wildman–Crippen LogP) is 3.49. The number of sulfonamides is 1. The molecule has 0 aromatic heterocycles. The molecule has 6 nitrogen and oxygen atoms in total. The van der Waals surface area contributed by atoms with Crippen molar-refractivity contribution in [2.24, 2.45) is 0 Å². The van der Waals surface area contributed by atoms with Crippen LogP contribution in [0.1, 0.15) is 75.7 Å². The zero-order valence-electron chi connectivity index (χ0n) is 18.6. The lowest BCUT2D eigenvalue weighted by Gasteiger charge is -2.34. The van der Waals surface area contributed by atoms with Crippen LogP contribution in [0.5, 0.6) is 0 Å². The van der Waals surface area contributed by atoms with E-state index in [2.05, 4.69) is 10.2 Å². The molecule has 4 rings (SSSR count). The molecular weight excluding hydrogens is 410 g/mol. The first kappa shape index (κ1) is 22.7. The second kappa shape index (κ2) is 10.5. The largest absolute Gasteiger partial charge is 0.352 e. The molecule has 0 bridgehead atoms. The van der Waals surface area contributed by atoms with Gasteiger partial charge in [0, 0.05) is 32.2 Å². The number of rotatable bonds is 6. The van der Waals surface area contributed by atoms with Gasteiger partial charge in [0.1, 0.15) is 0 Å². The average molecular weight is 448 g/mol. The molecule has 0 atom stereocenters. The highest BCUT2D eigenvalue weighted by Gasteiger charge is 2.29. The van der Waals surface area contributed by atoms with Gasteiger partial charge in [-0.25, -0.2) is 8.42 Å². The van der Waals surface area contributed by atoms with E-state index in [1.165, 1.54) is 56.9 Å². The lowest BCUT2D eigenvalue weighted by Crippen LogP contribution is -2.51. The Morgan fingerprint density at radius 2 is 1.42 bits per heavy atom. The van der Waals surface area contributed by atoms with Crippen molar-refractivity contribution >= 4 is 15.9 Å². The fourth-order valence-electron chi connectivity index (χ4n) is 5.35. The van der Waals surface area contributed by atoms with Crippen molar-refractivity contribution in [3.8, 4) is 0 Å². The maximum atomic E-state index is 13.1. The van der Waals surface area contributed by atoms with Crippen molar-refractivity contribution in [2.75, 3.05) is 32.7 Å². The summed E-state index contributed by atoms with van der Waals surface area (Å²) >= 11 is 0. The van der Waals surface area contributed by atoms with Crippen LogP contribution in [0.2, 0.25) is 0 Å². The Hall–Kier alpha value is -1.44.